The Bertz CT molecular complexity index is 795. The summed E-state index contributed by atoms with van der Waals surface area (Å²) < 4.78 is 32.1. The summed E-state index contributed by atoms with van der Waals surface area (Å²) in [4.78, 5) is 14.7. The van der Waals surface area contributed by atoms with Crippen LogP contribution in [-0.4, -0.2) is 35.1 Å². The minimum atomic E-state index is -0.756. The highest BCUT2D eigenvalue weighted by Crippen LogP contribution is 2.26. The molecule has 1 atom stereocenters. The van der Waals surface area contributed by atoms with Crippen molar-refractivity contribution in [2.24, 2.45) is 0 Å². The van der Waals surface area contributed by atoms with Crippen LogP contribution in [0, 0.1) is 11.6 Å². The van der Waals surface area contributed by atoms with Gasteiger partial charge < -0.3 is 9.84 Å². The lowest BCUT2D eigenvalue weighted by atomic mass is 9.91. The maximum Gasteiger partial charge on any atom is 0.251 e. The van der Waals surface area contributed by atoms with Crippen molar-refractivity contribution < 1.29 is 18.1 Å². The second-order valence-corrected chi connectivity index (χ2v) is 7.09. The van der Waals surface area contributed by atoms with E-state index in [1.807, 2.05) is 0 Å². The molecule has 1 saturated heterocycles. The van der Waals surface area contributed by atoms with Gasteiger partial charge in [-0.25, -0.2) is 8.78 Å². The van der Waals surface area contributed by atoms with Gasteiger partial charge in [-0.05, 0) is 50.9 Å². The van der Waals surface area contributed by atoms with Crippen LogP contribution in [0.1, 0.15) is 46.6 Å². The zero-order chi connectivity index (χ0) is 18.1. The van der Waals surface area contributed by atoms with Gasteiger partial charge in [0.25, 0.3) is 5.91 Å². The molecule has 1 unspecified atom stereocenters. The number of aryl methyl sites for hydroxylation is 1. The molecule has 1 fully saturated rings. The molecular weight excluding hydrogens is 340 g/mol. The van der Waals surface area contributed by atoms with E-state index in [0.29, 0.717) is 12.8 Å². The first kappa shape index (κ1) is 17.1. The van der Waals surface area contributed by atoms with Crippen LogP contribution in [0.15, 0.2) is 22.7 Å². The second-order valence-electron chi connectivity index (χ2n) is 7.09. The number of halogens is 2. The van der Waals surface area contributed by atoms with Crippen LogP contribution in [0.2, 0.25) is 0 Å². The number of hydrogen-bond donors (Lipinski definition) is 1. The zero-order valence-electron chi connectivity index (χ0n) is 14.4. The Hall–Kier alpha value is -2.28. The monoisotopic (exact) mass is 361 g/mol. The number of benzene rings is 1. The summed E-state index contributed by atoms with van der Waals surface area (Å²) in [6.07, 6.45) is 4.47. The fraction of sp³-hybridized carbons (Fsp3) is 0.474. The number of fused-ring (bicyclic) bond motifs is 1. The van der Waals surface area contributed by atoms with Crippen molar-refractivity contribution in [3.63, 3.8) is 0 Å². The van der Waals surface area contributed by atoms with Crippen molar-refractivity contribution in [3.8, 4) is 0 Å². The smallest absolute Gasteiger partial charge is 0.251 e. The quantitative estimate of drug-likeness (QED) is 0.910. The molecule has 0 radical (unpaired) electrons. The number of carbonyl (C=O) groups is 1. The van der Waals surface area contributed by atoms with Crippen molar-refractivity contribution >= 4 is 5.91 Å². The van der Waals surface area contributed by atoms with E-state index in [2.05, 4.69) is 15.4 Å². The number of rotatable bonds is 4. The van der Waals surface area contributed by atoms with Gasteiger partial charge in [0, 0.05) is 36.2 Å². The standard InChI is InChI=1S/C19H21F2N3O2/c20-13-7-12(8-14(21)9-13)19(25)22-15-3-4-18-16(10-15)17(23-26-18)11-24-5-1-2-6-24/h7-9,15H,1-6,10-11H2,(H,22,25). The van der Waals surface area contributed by atoms with Crippen molar-refractivity contribution in [2.45, 2.75) is 44.7 Å². The van der Waals surface area contributed by atoms with Gasteiger partial charge in [-0.1, -0.05) is 5.16 Å². The molecule has 0 bridgehead atoms. The minimum absolute atomic E-state index is 0.00379. The van der Waals surface area contributed by atoms with Crippen LogP contribution in [0.3, 0.4) is 0 Å². The van der Waals surface area contributed by atoms with Crippen LogP contribution < -0.4 is 5.32 Å². The number of nitrogens with one attached hydrogen (secondary N) is 1. The number of carbonyl (C=O) groups excluding carboxylic acids is 1. The fourth-order valence-electron chi connectivity index (χ4n) is 3.82. The summed E-state index contributed by atoms with van der Waals surface area (Å²) in [5, 5.41) is 7.11. The fourth-order valence-corrected chi connectivity index (χ4v) is 3.82. The van der Waals surface area contributed by atoms with E-state index < -0.39 is 17.5 Å². The molecule has 1 aliphatic carbocycles. The highest BCUT2D eigenvalue weighted by Gasteiger charge is 2.28. The number of hydrogen-bond acceptors (Lipinski definition) is 4. The predicted molar refractivity (Wildman–Crippen MR) is 90.7 cm³/mol. The second kappa shape index (κ2) is 7.15. The zero-order valence-corrected chi connectivity index (χ0v) is 14.4. The van der Waals surface area contributed by atoms with Gasteiger partial charge in [0.15, 0.2) is 0 Å². The average molecular weight is 361 g/mol. The molecule has 2 aliphatic rings. The molecule has 1 aromatic carbocycles. The Labute approximate surface area is 150 Å². The van der Waals surface area contributed by atoms with Gasteiger partial charge in [0.05, 0.1) is 0 Å². The molecule has 26 heavy (non-hydrogen) atoms. The van der Waals surface area contributed by atoms with E-state index in [-0.39, 0.29) is 11.6 Å². The van der Waals surface area contributed by atoms with Crippen molar-refractivity contribution in [1.29, 1.82) is 0 Å². The van der Waals surface area contributed by atoms with Crippen LogP contribution in [0.25, 0.3) is 0 Å². The molecule has 2 heterocycles. The highest BCUT2D eigenvalue weighted by molar-refractivity contribution is 5.94. The molecule has 1 aromatic heterocycles. The first-order chi connectivity index (χ1) is 12.6. The van der Waals surface area contributed by atoms with E-state index in [4.69, 9.17) is 4.52 Å². The summed E-state index contributed by atoms with van der Waals surface area (Å²) in [5.41, 5.74) is 2.01. The topological polar surface area (TPSA) is 58.4 Å². The number of likely N-dealkylation sites (tertiary alicyclic amines) is 1. The molecule has 138 valence electrons. The molecule has 4 rings (SSSR count). The van der Waals surface area contributed by atoms with Crippen molar-refractivity contribution in [2.75, 3.05) is 13.1 Å². The maximum absolute atomic E-state index is 13.3. The molecule has 1 aliphatic heterocycles. The van der Waals surface area contributed by atoms with E-state index in [9.17, 15) is 13.6 Å². The number of aromatic nitrogens is 1. The van der Waals surface area contributed by atoms with E-state index in [0.717, 1.165) is 61.3 Å². The molecule has 1 amide bonds. The number of nitrogens with zero attached hydrogens (tertiary/aromatic N) is 2. The Morgan fingerprint density at radius 3 is 2.69 bits per heavy atom. The van der Waals surface area contributed by atoms with Gasteiger partial charge in [-0.2, -0.15) is 0 Å². The molecular formula is C19H21F2N3O2. The summed E-state index contributed by atoms with van der Waals surface area (Å²) in [7, 11) is 0. The van der Waals surface area contributed by atoms with Crippen LogP contribution in [0.5, 0.6) is 0 Å². The van der Waals surface area contributed by atoms with Gasteiger partial charge in [-0.3, -0.25) is 9.69 Å². The van der Waals surface area contributed by atoms with Crippen molar-refractivity contribution in [3.05, 3.63) is 52.4 Å². The maximum atomic E-state index is 13.3. The first-order valence-corrected chi connectivity index (χ1v) is 9.04. The Morgan fingerprint density at radius 1 is 1.23 bits per heavy atom. The largest absolute Gasteiger partial charge is 0.361 e. The lowest BCUT2D eigenvalue weighted by Crippen LogP contribution is -2.39. The van der Waals surface area contributed by atoms with Gasteiger partial charge in [0.1, 0.15) is 23.1 Å². The van der Waals surface area contributed by atoms with E-state index in [1.165, 1.54) is 12.8 Å². The normalized spacial score (nSPS) is 20.2. The molecule has 2 aromatic rings. The molecule has 0 saturated carbocycles. The van der Waals surface area contributed by atoms with Gasteiger partial charge >= 0.3 is 0 Å². The van der Waals surface area contributed by atoms with E-state index >= 15 is 0 Å². The van der Waals surface area contributed by atoms with Crippen LogP contribution in [-0.2, 0) is 19.4 Å². The van der Waals surface area contributed by atoms with Gasteiger partial charge in [0.2, 0.25) is 0 Å². The third-order valence-electron chi connectivity index (χ3n) is 5.15. The average Bonchev–Trinajstić information content (AvgIpc) is 3.25. The third kappa shape index (κ3) is 3.62. The molecule has 5 nitrogen and oxygen atoms in total. The summed E-state index contributed by atoms with van der Waals surface area (Å²) in [5.74, 6) is -1.09. The third-order valence-corrected chi connectivity index (χ3v) is 5.15. The summed E-state index contributed by atoms with van der Waals surface area (Å²) in [6.45, 7) is 2.93. The van der Waals surface area contributed by atoms with Crippen LogP contribution >= 0.6 is 0 Å². The van der Waals surface area contributed by atoms with Crippen molar-refractivity contribution in [1.82, 2.24) is 15.4 Å². The van der Waals surface area contributed by atoms with Gasteiger partial charge in [-0.15, -0.1) is 0 Å². The first-order valence-electron chi connectivity index (χ1n) is 9.04. The Morgan fingerprint density at radius 2 is 1.96 bits per heavy atom. The summed E-state index contributed by atoms with van der Waals surface area (Å²) in [6, 6.07) is 2.75. The predicted octanol–water partition coefficient (Wildman–Crippen LogP) is 2.84. The Balaban J connectivity index is 1.44. The number of amides is 1. The molecule has 7 heteroatoms. The minimum Gasteiger partial charge on any atom is -0.361 e. The lowest BCUT2D eigenvalue weighted by Gasteiger charge is -2.23. The molecule has 0 spiro atoms. The SMILES string of the molecule is O=C(NC1CCc2onc(CN3CCCC3)c2C1)c1cc(F)cc(F)c1. The van der Waals surface area contributed by atoms with E-state index in [1.54, 1.807) is 0 Å². The summed E-state index contributed by atoms with van der Waals surface area (Å²) >= 11 is 0. The van der Waals surface area contributed by atoms with Crippen LogP contribution in [0.4, 0.5) is 8.78 Å². The lowest BCUT2D eigenvalue weighted by molar-refractivity contribution is 0.0931. The highest BCUT2D eigenvalue weighted by atomic mass is 19.1. The molecule has 1 N–H and O–H groups in total. The Kier molecular flexibility index (Phi) is 4.72.